The number of anilines is 2. The van der Waals surface area contributed by atoms with Crippen LogP contribution in [0.2, 0.25) is 0 Å². The molecule has 4 N–H and O–H groups in total. The SMILES string of the molecule is CC(C)N(Cc1cccc(N)c1)c1ccc(C(N)=O)nn1. The van der Waals surface area contributed by atoms with Crippen LogP contribution in [-0.2, 0) is 6.54 Å². The largest absolute Gasteiger partial charge is 0.399 e. The number of hydrogen-bond acceptors (Lipinski definition) is 5. The molecule has 1 aromatic carbocycles. The summed E-state index contributed by atoms with van der Waals surface area (Å²) < 4.78 is 0. The van der Waals surface area contributed by atoms with E-state index < -0.39 is 5.91 Å². The zero-order chi connectivity index (χ0) is 15.4. The molecule has 0 aliphatic carbocycles. The first kappa shape index (κ1) is 14.8. The molecule has 0 bridgehead atoms. The summed E-state index contributed by atoms with van der Waals surface area (Å²) >= 11 is 0. The highest BCUT2D eigenvalue weighted by atomic mass is 16.1. The van der Waals surface area contributed by atoms with Crippen molar-refractivity contribution in [3.63, 3.8) is 0 Å². The van der Waals surface area contributed by atoms with E-state index in [0.717, 1.165) is 11.3 Å². The number of nitrogens with zero attached hydrogens (tertiary/aromatic N) is 3. The molecule has 1 heterocycles. The lowest BCUT2D eigenvalue weighted by molar-refractivity contribution is 0.0994. The van der Waals surface area contributed by atoms with Crippen molar-refractivity contribution >= 4 is 17.4 Å². The van der Waals surface area contributed by atoms with Crippen LogP contribution in [-0.4, -0.2) is 22.1 Å². The molecule has 6 heteroatoms. The monoisotopic (exact) mass is 285 g/mol. The minimum Gasteiger partial charge on any atom is -0.399 e. The number of rotatable bonds is 5. The number of nitrogens with two attached hydrogens (primary N) is 2. The zero-order valence-electron chi connectivity index (χ0n) is 12.2. The fourth-order valence-electron chi connectivity index (χ4n) is 2.03. The Morgan fingerprint density at radius 2 is 2.00 bits per heavy atom. The molecule has 2 aromatic rings. The zero-order valence-corrected chi connectivity index (χ0v) is 12.2. The van der Waals surface area contributed by atoms with Gasteiger partial charge in [0.15, 0.2) is 11.5 Å². The van der Waals surface area contributed by atoms with E-state index in [0.29, 0.717) is 12.4 Å². The van der Waals surface area contributed by atoms with E-state index >= 15 is 0 Å². The topological polar surface area (TPSA) is 98.1 Å². The molecule has 21 heavy (non-hydrogen) atoms. The quantitative estimate of drug-likeness (QED) is 0.813. The van der Waals surface area contributed by atoms with Crippen LogP contribution in [0.25, 0.3) is 0 Å². The third-order valence-electron chi connectivity index (χ3n) is 3.12. The van der Waals surface area contributed by atoms with E-state index in [9.17, 15) is 4.79 Å². The number of carbonyl (C=O) groups excluding carboxylic acids is 1. The highest BCUT2D eigenvalue weighted by Gasteiger charge is 2.14. The maximum atomic E-state index is 11.0. The van der Waals surface area contributed by atoms with E-state index in [1.807, 2.05) is 24.3 Å². The molecule has 0 spiro atoms. The van der Waals surface area contributed by atoms with E-state index in [1.165, 1.54) is 0 Å². The number of primary amides is 1. The highest BCUT2D eigenvalue weighted by molar-refractivity contribution is 5.90. The van der Waals surface area contributed by atoms with Gasteiger partial charge in [-0.2, -0.15) is 0 Å². The van der Waals surface area contributed by atoms with E-state index in [-0.39, 0.29) is 11.7 Å². The molecule has 6 nitrogen and oxygen atoms in total. The maximum Gasteiger partial charge on any atom is 0.269 e. The molecule has 0 unspecified atom stereocenters. The number of carbonyl (C=O) groups is 1. The molecule has 0 fully saturated rings. The standard InChI is InChI=1S/C15H19N5O/c1-10(2)20(9-11-4-3-5-12(16)8-11)14-7-6-13(15(17)21)18-19-14/h3-8,10H,9,16H2,1-2H3,(H2,17,21). The van der Waals surface area contributed by atoms with Crippen molar-refractivity contribution in [3.8, 4) is 0 Å². The van der Waals surface area contributed by atoms with E-state index in [1.54, 1.807) is 12.1 Å². The second-order valence-electron chi connectivity index (χ2n) is 5.11. The maximum absolute atomic E-state index is 11.0. The van der Waals surface area contributed by atoms with Crippen molar-refractivity contribution in [1.29, 1.82) is 0 Å². The van der Waals surface area contributed by atoms with Crippen LogP contribution in [0.3, 0.4) is 0 Å². The smallest absolute Gasteiger partial charge is 0.269 e. The van der Waals surface area contributed by atoms with Crippen LogP contribution in [0, 0.1) is 0 Å². The molecule has 2 rings (SSSR count). The molecule has 0 aliphatic rings. The summed E-state index contributed by atoms with van der Waals surface area (Å²) in [5.41, 5.74) is 12.9. The Morgan fingerprint density at radius 1 is 1.24 bits per heavy atom. The second kappa shape index (κ2) is 6.21. The minimum atomic E-state index is -0.582. The van der Waals surface area contributed by atoms with Gasteiger partial charge in [0.05, 0.1) is 0 Å². The Kier molecular flexibility index (Phi) is 4.37. The Hall–Kier alpha value is -2.63. The van der Waals surface area contributed by atoms with Gasteiger partial charge in [-0.05, 0) is 43.7 Å². The van der Waals surface area contributed by atoms with Crippen LogP contribution >= 0.6 is 0 Å². The lowest BCUT2D eigenvalue weighted by Crippen LogP contribution is -2.31. The van der Waals surface area contributed by atoms with Gasteiger partial charge in [-0.25, -0.2) is 0 Å². The van der Waals surface area contributed by atoms with Crippen LogP contribution in [0.1, 0.15) is 29.9 Å². The van der Waals surface area contributed by atoms with Gasteiger partial charge < -0.3 is 16.4 Å². The van der Waals surface area contributed by atoms with Crippen molar-refractivity contribution in [2.24, 2.45) is 5.73 Å². The third kappa shape index (κ3) is 3.68. The summed E-state index contributed by atoms with van der Waals surface area (Å²) in [7, 11) is 0. The van der Waals surface area contributed by atoms with Gasteiger partial charge in [0, 0.05) is 18.3 Å². The normalized spacial score (nSPS) is 10.6. The van der Waals surface area contributed by atoms with E-state index in [4.69, 9.17) is 11.5 Å². The van der Waals surface area contributed by atoms with Crippen molar-refractivity contribution in [3.05, 3.63) is 47.7 Å². The van der Waals surface area contributed by atoms with Gasteiger partial charge in [0.1, 0.15) is 0 Å². The Morgan fingerprint density at radius 3 is 2.52 bits per heavy atom. The molecule has 0 radical (unpaired) electrons. The molecule has 110 valence electrons. The van der Waals surface area contributed by atoms with Gasteiger partial charge in [-0.15, -0.1) is 10.2 Å². The summed E-state index contributed by atoms with van der Waals surface area (Å²) in [4.78, 5) is 13.1. The van der Waals surface area contributed by atoms with Gasteiger partial charge in [-0.1, -0.05) is 12.1 Å². The van der Waals surface area contributed by atoms with Crippen LogP contribution in [0.15, 0.2) is 36.4 Å². The second-order valence-corrected chi connectivity index (χ2v) is 5.11. The number of nitrogen functional groups attached to an aromatic ring is 1. The van der Waals surface area contributed by atoms with Gasteiger partial charge >= 0.3 is 0 Å². The number of amides is 1. The van der Waals surface area contributed by atoms with Crippen molar-refractivity contribution < 1.29 is 4.79 Å². The molecule has 0 saturated heterocycles. The summed E-state index contributed by atoms with van der Waals surface area (Å²) in [6.07, 6.45) is 0. The third-order valence-corrected chi connectivity index (χ3v) is 3.12. The number of benzene rings is 1. The highest BCUT2D eigenvalue weighted by Crippen LogP contribution is 2.18. The minimum absolute atomic E-state index is 0.159. The van der Waals surface area contributed by atoms with Gasteiger partial charge in [0.2, 0.25) is 0 Å². The molecular formula is C15H19N5O. The number of hydrogen-bond donors (Lipinski definition) is 2. The summed E-state index contributed by atoms with van der Waals surface area (Å²) in [5.74, 6) is 0.110. The Bertz CT molecular complexity index is 624. The van der Waals surface area contributed by atoms with Crippen molar-refractivity contribution in [1.82, 2.24) is 10.2 Å². The molecule has 0 atom stereocenters. The van der Waals surface area contributed by atoms with Gasteiger partial charge in [0.25, 0.3) is 5.91 Å². The lowest BCUT2D eigenvalue weighted by atomic mass is 10.1. The van der Waals surface area contributed by atoms with Gasteiger partial charge in [-0.3, -0.25) is 4.79 Å². The number of aromatic nitrogens is 2. The predicted molar refractivity (Wildman–Crippen MR) is 82.7 cm³/mol. The fraction of sp³-hybridized carbons (Fsp3) is 0.267. The molecular weight excluding hydrogens is 266 g/mol. The molecule has 0 saturated carbocycles. The Balaban J connectivity index is 2.24. The summed E-state index contributed by atoms with van der Waals surface area (Å²) in [6, 6.07) is 11.3. The first-order valence-electron chi connectivity index (χ1n) is 6.72. The molecule has 1 aromatic heterocycles. The van der Waals surface area contributed by atoms with E-state index in [2.05, 4.69) is 28.9 Å². The summed E-state index contributed by atoms with van der Waals surface area (Å²) in [5, 5.41) is 7.93. The molecule has 0 aliphatic heterocycles. The lowest BCUT2D eigenvalue weighted by Gasteiger charge is -2.27. The Labute approximate surface area is 123 Å². The molecule has 1 amide bonds. The fourth-order valence-corrected chi connectivity index (χ4v) is 2.03. The van der Waals surface area contributed by atoms with Crippen LogP contribution in [0.5, 0.6) is 0 Å². The first-order valence-corrected chi connectivity index (χ1v) is 6.72. The predicted octanol–water partition coefficient (Wildman–Crippen LogP) is 1.57. The average molecular weight is 285 g/mol. The van der Waals surface area contributed by atoms with Crippen LogP contribution in [0.4, 0.5) is 11.5 Å². The van der Waals surface area contributed by atoms with Crippen LogP contribution < -0.4 is 16.4 Å². The van der Waals surface area contributed by atoms with Crippen molar-refractivity contribution in [2.75, 3.05) is 10.6 Å². The average Bonchev–Trinajstić information content (AvgIpc) is 2.44. The van der Waals surface area contributed by atoms with Crippen molar-refractivity contribution in [2.45, 2.75) is 26.4 Å². The summed E-state index contributed by atoms with van der Waals surface area (Å²) in [6.45, 7) is 4.79. The first-order chi connectivity index (χ1) is 9.97.